The van der Waals surface area contributed by atoms with E-state index in [2.05, 4.69) is 15.0 Å². The number of amides is 1. The van der Waals surface area contributed by atoms with E-state index in [0.29, 0.717) is 19.6 Å². The Balaban J connectivity index is 1.55. The average Bonchev–Trinajstić information content (AvgIpc) is 3.32. The van der Waals surface area contributed by atoms with Crippen LogP contribution in [0.3, 0.4) is 0 Å². The number of hydrogen-bond acceptors (Lipinski definition) is 6. The number of ether oxygens (including phenoxy) is 1. The van der Waals surface area contributed by atoms with Gasteiger partial charge in [-0.3, -0.25) is 4.79 Å². The normalized spacial score (nSPS) is 15.0. The topological polar surface area (TPSA) is 63.5 Å². The van der Waals surface area contributed by atoms with Gasteiger partial charge in [0.1, 0.15) is 0 Å². The molecule has 11 heteroatoms. The predicted molar refractivity (Wildman–Crippen MR) is 115 cm³/mol. The number of rotatable bonds is 4. The molecule has 3 aromatic rings. The maximum atomic E-state index is 13.2. The minimum atomic E-state index is -4.47. The van der Waals surface area contributed by atoms with Crippen molar-refractivity contribution in [2.75, 3.05) is 38.2 Å². The summed E-state index contributed by atoms with van der Waals surface area (Å²) in [5.41, 5.74) is 0.441. The summed E-state index contributed by atoms with van der Waals surface area (Å²) in [7, 11) is 1.40. The smallest absolute Gasteiger partial charge is 0.416 e. The van der Waals surface area contributed by atoms with Gasteiger partial charge in [-0.1, -0.05) is 6.07 Å². The zero-order chi connectivity index (χ0) is 22.9. The zero-order valence-corrected chi connectivity index (χ0v) is 18.4. The number of aromatic nitrogens is 3. The molecule has 0 spiro atoms. The summed E-state index contributed by atoms with van der Waals surface area (Å²) >= 11 is 1.58. The first kappa shape index (κ1) is 22.1. The highest BCUT2D eigenvalue weighted by atomic mass is 32.1. The number of halogens is 3. The second kappa shape index (κ2) is 8.81. The van der Waals surface area contributed by atoms with Crippen molar-refractivity contribution < 1.29 is 22.7 Å². The molecule has 170 valence electrons. The molecule has 1 aliphatic heterocycles. The molecule has 0 N–H and O–H groups in total. The molecule has 0 saturated carbocycles. The second-order valence-electron chi connectivity index (χ2n) is 7.44. The molecule has 0 unspecified atom stereocenters. The highest BCUT2D eigenvalue weighted by molar-refractivity contribution is 7.13. The molecule has 3 heterocycles. The van der Waals surface area contributed by atoms with Crippen LogP contribution in [0.1, 0.15) is 28.2 Å². The van der Waals surface area contributed by atoms with Crippen LogP contribution in [0.25, 0.3) is 5.69 Å². The zero-order valence-electron chi connectivity index (χ0n) is 17.6. The van der Waals surface area contributed by atoms with Crippen LogP contribution < -0.4 is 9.64 Å². The Morgan fingerprint density at radius 2 is 2.00 bits per heavy atom. The molecule has 1 saturated heterocycles. The van der Waals surface area contributed by atoms with Crippen LogP contribution in [-0.4, -0.2) is 58.9 Å². The number of carbonyl (C=O) groups is 1. The third-order valence-electron chi connectivity index (χ3n) is 5.20. The fourth-order valence-corrected chi connectivity index (χ4v) is 4.42. The van der Waals surface area contributed by atoms with Gasteiger partial charge in [0.25, 0.3) is 5.91 Å². The lowest BCUT2D eigenvalue weighted by molar-refractivity contribution is -0.137. The first-order valence-electron chi connectivity index (χ1n) is 10.0. The van der Waals surface area contributed by atoms with Gasteiger partial charge >= 0.3 is 6.18 Å². The van der Waals surface area contributed by atoms with Gasteiger partial charge in [-0.25, -0.2) is 9.67 Å². The number of aryl methyl sites for hydroxylation is 1. The van der Waals surface area contributed by atoms with Gasteiger partial charge in [0.2, 0.25) is 0 Å². The highest BCUT2D eigenvalue weighted by Gasteiger charge is 2.31. The van der Waals surface area contributed by atoms with Gasteiger partial charge in [-0.2, -0.15) is 18.3 Å². The SMILES string of the molecule is COc1cn(-c2cccc(C(F)(F)F)c2)nc1C(=O)N1CCCN(c2nc(C)cs2)CC1. The molecular formula is C21H22F3N5O2S. The molecule has 0 radical (unpaired) electrons. The van der Waals surface area contributed by atoms with Crippen molar-refractivity contribution in [3.05, 3.63) is 52.8 Å². The van der Waals surface area contributed by atoms with E-state index in [9.17, 15) is 18.0 Å². The van der Waals surface area contributed by atoms with Crippen LogP contribution in [0.5, 0.6) is 5.75 Å². The Hall–Kier alpha value is -3.08. The third-order valence-corrected chi connectivity index (χ3v) is 6.22. The van der Waals surface area contributed by atoms with E-state index < -0.39 is 11.7 Å². The van der Waals surface area contributed by atoms with Crippen molar-refractivity contribution in [1.29, 1.82) is 0 Å². The fraction of sp³-hybridized carbons (Fsp3) is 0.381. The number of alkyl halides is 3. The molecule has 0 bridgehead atoms. The first-order chi connectivity index (χ1) is 15.3. The minimum absolute atomic E-state index is 0.0726. The molecule has 32 heavy (non-hydrogen) atoms. The maximum Gasteiger partial charge on any atom is 0.416 e. The fourth-order valence-electron chi connectivity index (χ4n) is 3.56. The number of methoxy groups -OCH3 is 1. The molecule has 0 aliphatic carbocycles. The van der Waals surface area contributed by atoms with E-state index in [-0.39, 0.29) is 23.0 Å². The van der Waals surface area contributed by atoms with E-state index in [1.807, 2.05) is 12.3 Å². The summed E-state index contributed by atoms with van der Waals surface area (Å²) in [6.45, 7) is 4.39. The Labute approximate surface area is 187 Å². The van der Waals surface area contributed by atoms with E-state index >= 15 is 0 Å². The molecule has 2 aromatic heterocycles. The van der Waals surface area contributed by atoms with E-state index in [1.54, 1.807) is 16.2 Å². The van der Waals surface area contributed by atoms with Crippen molar-refractivity contribution in [3.63, 3.8) is 0 Å². The van der Waals surface area contributed by atoms with Crippen LogP contribution >= 0.6 is 11.3 Å². The molecule has 1 aromatic carbocycles. The number of anilines is 1. The Kier molecular flexibility index (Phi) is 6.09. The summed E-state index contributed by atoms with van der Waals surface area (Å²) in [5, 5.41) is 7.20. The van der Waals surface area contributed by atoms with Gasteiger partial charge in [-0.15, -0.1) is 11.3 Å². The summed E-state index contributed by atoms with van der Waals surface area (Å²) in [5.74, 6) is -0.103. The summed E-state index contributed by atoms with van der Waals surface area (Å²) < 4.78 is 45.8. The van der Waals surface area contributed by atoms with Crippen LogP contribution in [0.15, 0.2) is 35.8 Å². The molecular weight excluding hydrogens is 443 g/mol. The summed E-state index contributed by atoms with van der Waals surface area (Å²) in [4.78, 5) is 21.6. The highest BCUT2D eigenvalue weighted by Crippen LogP contribution is 2.31. The Morgan fingerprint density at radius 1 is 1.19 bits per heavy atom. The average molecular weight is 466 g/mol. The van der Waals surface area contributed by atoms with Gasteiger partial charge < -0.3 is 14.5 Å². The number of nitrogens with zero attached hydrogens (tertiary/aromatic N) is 5. The standard InChI is InChI=1S/C21H22F3N5O2S/c1-14-13-32-20(25-14)28-8-4-7-27(9-10-28)19(30)18-17(31-2)12-29(26-18)16-6-3-5-15(11-16)21(22,23)24/h3,5-6,11-13H,4,7-10H2,1-2H3. The number of benzene rings is 1. The van der Waals surface area contributed by atoms with Gasteiger partial charge in [0, 0.05) is 31.6 Å². The quantitative estimate of drug-likeness (QED) is 0.583. The van der Waals surface area contributed by atoms with Gasteiger partial charge in [0.05, 0.1) is 30.3 Å². The largest absolute Gasteiger partial charge is 0.493 e. The van der Waals surface area contributed by atoms with Crippen molar-refractivity contribution in [2.45, 2.75) is 19.5 Å². The summed E-state index contributed by atoms with van der Waals surface area (Å²) in [6.07, 6.45) is -2.29. The lowest BCUT2D eigenvalue weighted by Gasteiger charge is -2.21. The molecule has 4 rings (SSSR count). The van der Waals surface area contributed by atoms with E-state index in [1.165, 1.54) is 30.1 Å². The molecule has 7 nitrogen and oxygen atoms in total. The lowest BCUT2D eigenvalue weighted by Crippen LogP contribution is -2.35. The maximum absolute atomic E-state index is 13.2. The first-order valence-corrected chi connectivity index (χ1v) is 10.9. The Bertz CT molecular complexity index is 1110. The van der Waals surface area contributed by atoms with Crippen LogP contribution in [0, 0.1) is 6.92 Å². The Morgan fingerprint density at radius 3 is 2.69 bits per heavy atom. The monoisotopic (exact) mass is 465 g/mol. The van der Waals surface area contributed by atoms with Crippen LogP contribution in [0.4, 0.5) is 18.3 Å². The third kappa shape index (κ3) is 4.57. The molecule has 1 amide bonds. The minimum Gasteiger partial charge on any atom is -0.493 e. The molecule has 1 aliphatic rings. The van der Waals surface area contributed by atoms with Gasteiger partial charge in [0.15, 0.2) is 16.6 Å². The van der Waals surface area contributed by atoms with Crippen molar-refractivity contribution in [2.24, 2.45) is 0 Å². The van der Waals surface area contributed by atoms with Crippen LogP contribution in [0.2, 0.25) is 0 Å². The lowest BCUT2D eigenvalue weighted by atomic mass is 10.2. The second-order valence-corrected chi connectivity index (χ2v) is 8.28. The molecule has 0 atom stereocenters. The number of hydrogen-bond donors (Lipinski definition) is 0. The van der Waals surface area contributed by atoms with Crippen molar-refractivity contribution in [3.8, 4) is 11.4 Å². The number of carbonyl (C=O) groups excluding carboxylic acids is 1. The van der Waals surface area contributed by atoms with Crippen LogP contribution in [-0.2, 0) is 6.18 Å². The summed E-state index contributed by atoms with van der Waals surface area (Å²) in [6, 6.07) is 4.77. The van der Waals surface area contributed by atoms with E-state index in [0.717, 1.165) is 35.9 Å². The van der Waals surface area contributed by atoms with Crippen molar-refractivity contribution in [1.82, 2.24) is 19.7 Å². The number of thiazole rings is 1. The molecule has 1 fully saturated rings. The van der Waals surface area contributed by atoms with Crippen molar-refractivity contribution >= 4 is 22.4 Å². The van der Waals surface area contributed by atoms with E-state index in [4.69, 9.17) is 4.74 Å². The van der Waals surface area contributed by atoms with Gasteiger partial charge in [-0.05, 0) is 31.5 Å². The predicted octanol–water partition coefficient (Wildman–Crippen LogP) is 4.02.